The van der Waals surface area contributed by atoms with Gasteiger partial charge in [0.1, 0.15) is 11.4 Å². The minimum atomic E-state index is -0.670. The number of benzene rings is 1. The van der Waals surface area contributed by atoms with Crippen LogP contribution in [0.25, 0.3) is 0 Å². The number of nitrogens with zero attached hydrogens (tertiary/aromatic N) is 3. The summed E-state index contributed by atoms with van der Waals surface area (Å²) < 4.78 is 13.0. The van der Waals surface area contributed by atoms with Gasteiger partial charge in [0.05, 0.1) is 12.7 Å². The van der Waals surface area contributed by atoms with E-state index in [4.69, 9.17) is 26.1 Å². The molecule has 33 heavy (non-hydrogen) atoms. The Labute approximate surface area is 205 Å². The number of halogens is 1. The van der Waals surface area contributed by atoms with E-state index in [1.165, 1.54) is 4.88 Å². The highest BCUT2D eigenvalue weighted by Gasteiger charge is 2.20. The fourth-order valence-electron chi connectivity index (χ4n) is 2.79. The second-order valence-corrected chi connectivity index (χ2v) is 11.1. The summed E-state index contributed by atoms with van der Waals surface area (Å²) >= 11 is 7.87. The number of ether oxygens (including phenoxy) is 2. The van der Waals surface area contributed by atoms with E-state index in [-0.39, 0.29) is 11.3 Å². The SMILES string of the molecule is CCCCn1cc(C(C)(C)C)sc1=N/C(=N\NC(=O)OC(C)(C)C)c1cc(Cl)ccc1OC. The first-order chi connectivity index (χ1) is 15.3. The van der Waals surface area contributed by atoms with Crippen LogP contribution in [-0.4, -0.2) is 29.2 Å². The molecule has 7 nitrogen and oxygen atoms in total. The third-order valence-corrected chi connectivity index (χ3v) is 6.15. The molecule has 0 bridgehead atoms. The molecule has 0 aliphatic heterocycles. The van der Waals surface area contributed by atoms with Crippen LogP contribution in [0.15, 0.2) is 34.5 Å². The van der Waals surface area contributed by atoms with Gasteiger partial charge in [-0.1, -0.05) is 45.7 Å². The van der Waals surface area contributed by atoms with E-state index in [9.17, 15) is 4.79 Å². The van der Waals surface area contributed by atoms with Crippen molar-refractivity contribution in [1.82, 2.24) is 9.99 Å². The predicted octanol–water partition coefficient (Wildman–Crippen LogP) is 6.10. The number of hydrazone groups is 1. The van der Waals surface area contributed by atoms with Crippen molar-refractivity contribution in [2.24, 2.45) is 10.1 Å². The average molecular weight is 495 g/mol. The van der Waals surface area contributed by atoms with E-state index < -0.39 is 11.7 Å². The number of amidine groups is 1. The number of methoxy groups -OCH3 is 1. The fraction of sp³-hybridized carbons (Fsp3) is 0.542. The molecule has 9 heteroatoms. The van der Waals surface area contributed by atoms with Crippen LogP contribution in [-0.2, 0) is 16.7 Å². The molecule has 0 atom stereocenters. The maximum absolute atomic E-state index is 12.3. The third-order valence-electron chi connectivity index (χ3n) is 4.47. The zero-order valence-corrected chi connectivity index (χ0v) is 22.4. The Bertz CT molecular complexity index is 1060. The molecule has 0 aliphatic rings. The second-order valence-electron chi connectivity index (χ2n) is 9.68. The number of hydrogen-bond acceptors (Lipinski definition) is 5. The van der Waals surface area contributed by atoms with Crippen LogP contribution in [0.2, 0.25) is 5.02 Å². The Balaban J connectivity index is 2.65. The first-order valence-corrected chi connectivity index (χ1v) is 12.2. The molecule has 0 saturated carbocycles. The maximum atomic E-state index is 12.3. The van der Waals surface area contributed by atoms with Crippen molar-refractivity contribution in [2.75, 3.05) is 7.11 Å². The van der Waals surface area contributed by atoms with E-state index >= 15 is 0 Å². The third kappa shape index (κ3) is 8.19. The summed E-state index contributed by atoms with van der Waals surface area (Å²) in [5, 5.41) is 4.80. The predicted molar refractivity (Wildman–Crippen MR) is 135 cm³/mol. The number of nitrogens with one attached hydrogen (secondary N) is 1. The van der Waals surface area contributed by atoms with Crippen molar-refractivity contribution in [2.45, 2.75) is 78.9 Å². The van der Waals surface area contributed by atoms with E-state index in [1.807, 2.05) is 0 Å². The Morgan fingerprint density at radius 3 is 2.48 bits per heavy atom. The van der Waals surface area contributed by atoms with Crippen molar-refractivity contribution in [3.05, 3.63) is 44.7 Å². The Kier molecular flexibility index (Phi) is 9.14. The average Bonchev–Trinajstić information content (AvgIpc) is 3.11. The van der Waals surface area contributed by atoms with Crippen LogP contribution in [0.4, 0.5) is 4.79 Å². The summed E-state index contributed by atoms with van der Waals surface area (Å²) in [5.41, 5.74) is 2.35. The van der Waals surface area contributed by atoms with Crippen molar-refractivity contribution in [3.63, 3.8) is 0 Å². The van der Waals surface area contributed by atoms with Crippen LogP contribution < -0.4 is 15.0 Å². The van der Waals surface area contributed by atoms with Crippen LogP contribution in [0, 0.1) is 0 Å². The highest BCUT2D eigenvalue weighted by Crippen LogP contribution is 2.26. The lowest BCUT2D eigenvalue weighted by atomic mass is 9.95. The zero-order chi connectivity index (χ0) is 24.8. The molecule has 1 aromatic carbocycles. The van der Waals surface area contributed by atoms with E-state index in [2.05, 4.69) is 49.0 Å². The number of thiazole rings is 1. The van der Waals surface area contributed by atoms with Gasteiger partial charge in [-0.3, -0.25) is 0 Å². The number of aromatic nitrogens is 1. The molecule has 1 heterocycles. The Morgan fingerprint density at radius 1 is 1.21 bits per heavy atom. The van der Waals surface area contributed by atoms with Gasteiger partial charge >= 0.3 is 6.09 Å². The minimum absolute atomic E-state index is 0.0216. The highest BCUT2D eigenvalue weighted by molar-refractivity contribution is 7.09. The zero-order valence-electron chi connectivity index (χ0n) is 20.8. The number of carbonyl (C=O) groups is 1. The summed E-state index contributed by atoms with van der Waals surface area (Å²) in [5.74, 6) is 0.813. The topological polar surface area (TPSA) is 77.2 Å². The molecule has 0 aliphatic carbocycles. The lowest BCUT2D eigenvalue weighted by molar-refractivity contribution is 0.0529. The molecule has 2 rings (SSSR count). The van der Waals surface area contributed by atoms with E-state index in [0.29, 0.717) is 16.3 Å². The van der Waals surface area contributed by atoms with E-state index in [1.54, 1.807) is 57.4 Å². The molecule has 0 unspecified atom stereocenters. The van der Waals surface area contributed by atoms with Gasteiger partial charge in [0.25, 0.3) is 0 Å². The van der Waals surface area contributed by atoms with Gasteiger partial charge < -0.3 is 14.0 Å². The second kappa shape index (κ2) is 11.2. The first kappa shape index (κ1) is 26.9. The molecule has 0 fully saturated rings. The number of amides is 1. The number of hydrogen-bond donors (Lipinski definition) is 1. The van der Waals surface area contributed by atoms with Gasteiger partial charge in [-0.15, -0.1) is 16.4 Å². The number of aryl methyl sites for hydroxylation is 1. The van der Waals surface area contributed by atoms with Crippen molar-refractivity contribution < 1.29 is 14.3 Å². The van der Waals surface area contributed by atoms with Crippen LogP contribution in [0.3, 0.4) is 0 Å². The van der Waals surface area contributed by atoms with Gasteiger partial charge in [0.2, 0.25) is 0 Å². The number of carbonyl (C=O) groups excluding carboxylic acids is 1. The normalized spacial score (nSPS) is 13.2. The van der Waals surface area contributed by atoms with Gasteiger partial charge in [0.15, 0.2) is 10.6 Å². The van der Waals surface area contributed by atoms with Crippen molar-refractivity contribution in [1.29, 1.82) is 0 Å². The lowest BCUT2D eigenvalue weighted by Crippen LogP contribution is -2.30. The highest BCUT2D eigenvalue weighted by atomic mass is 35.5. The quantitative estimate of drug-likeness (QED) is 0.299. The monoisotopic (exact) mass is 494 g/mol. The Hall–Kier alpha value is -2.32. The van der Waals surface area contributed by atoms with Crippen molar-refractivity contribution in [3.8, 4) is 5.75 Å². The first-order valence-electron chi connectivity index (χ1n) is 11.0. The molecule has 1 aromatic heterocycles. The molecule has 2 aromatic rings. The van der Waals surface area contributed by atoms with Crippen molar-refractivity contribution >= 4 is 34.9 Å². The summed E-state index contributed by atoms with van der Waals surface area (Å²) in [4.78, 5) is 19.1. The van der Waals surface area contributed by atoms with Crippen LogP contribution >= 0.6 is 22.9 Å². The standard InChI is InChI=1S/C24H35ClN4O3S/c1-9-10-13-29-15-19(23(2,3)4)33-21(29)26-20(27-28-22(30)32-24(5,6)7)17-14-16(25)11-12-18(17)31-8/h11-12,14-15H,9-10,13H2,1-8H3,(H,28,30)/b26-21?,27-20-. The Morgan fingerprint density at radius 2 is 1.91 bits per heavy atom. The molecular formula is C24H35ClN4O3S. The van der Waals surface area contributed by atoms with Gasteiger partial charge in [-0.25, -0.2) is 10.2 Å². The minimum Gasteiger partial charge on any atom is -0.496 e. The van der Waals surface area contributed by atoms with Crippen LogP contribution in [0.1, 0.15) is 71.7 Å². The summed E-state index contributed by atoms with van der Waals surface area (Å²) in [7, 11) is 1.57. The summed E-state index contributed by atoms with van der Waals surface area (Å²) in [6.07, 6.45) is 3.57. The maximum Gasteiger partial charge on any atom is 0.428 e. The molecular weight excluding hydrogens is 460 g/mol. The summed E-state index contributed by atoms with van der Waals surface area (Å²) in [6.45, 7) is 14.9. The lowest BCUT2D eigenvalue weighted by Gasteiger charge is -2.18. The molecule has 1 N–H and O–H groups in total. The molecule has 0 radical (unpaired) electrons. The van der Waals surface area contributed by atoms with Gasteiger partial charge in [-0.2, -0.15) is 4.99 Å². The van der Waals surface area contributed by atoms with Gasteiger partial charge in [-0.05, 0) is 50.8 Å². The largest absolute Gasteiger partial charge is 0.496 e. The number of rotatable bonds is 6. The number of unbranched alkanes of at least 4 members (excludes halogenated alkanes) is 1. The molecule has 0 saturated heterocycles. The fourth-order valence-corrected chi connectivity index (χ4v) is 4.04. The summed E-state index contributed by atoms with van der Waals surface area (Å²) in [6, 6.07) is 5.19. The molecule has 0 spiro atoms. The van der Waals surface area contributed by atoms with Gasteiger partial charge in [0, 0.05) is 22.6 Å². The van der Waals surface area contributed by atoms with Crippen LogP contribution in [0.5, 0.6) is 5.75 Å². The molecule has 182 valence electrons. The molecule has 1 amide bonds. The van der Waals surface area contributed by atoms with E-state index in [0.717, 1.165) is 24.2 Å². The smallest absolute Gasteiger partial charge is 0.428 e.